The molecule has 3 amide bonds. The number of anilines is 2. The van der Waals surface area contributed by atoms with E-state index in [1.54, 1.807) is 42.5 Å². The molecule has 0 aliphatic carbocycles. The van der Waals surface area contributed by atoms with Crippen LogP contribution >= 0.6 is 15.9 Å². The van der Waals surface area contributed by atoms with Gasteiger partial charge >= 0.3 is 0 Å². The van der Waals surface area contributed by atoms with Crippen LogP contribution in [0.5, 0.6) is 0 Å². The van der Waals surface area contributed by atoms with Crippen molar-refractivity contribution in [3.63, 3.8) is 0 Å². The quantitative estimate of drug-likeness (QED) is 0.565. The number of fused-ring (bicyclic) bond motifs is 1. The Balaban J connectivity index is 1.73. The highest BCUT2D eigenvalue weighted by molar-refractivity contribution is 9.10. The van der Waals surface area contributed by atoms with Crippen molar-refractivity contribution in [1.82, 2.24) is 0 Å². The SMILES string of the molecule is Cc1cccc(NC(=O)c2ccccc2N2C(=O)c3ccc(Br)cc3C2=O)c1C. The van der Waals surface area contributed by atoms with Crippen molar-refractivity contribution in [2.45, 2.75) is 13.8 Å². The molecular formula is C23H17BrN2O3. The molecule has 1 aliphatic rings. The molecule has 4 rings (SSSR count). The summed E-state index contributed by atoms with van der Waals surface area (Å²) in [5.41, 5.74) is 3.86. The van der Waals surface area contributed by atoms with Gasteiger partial charge in [0, 0.05) is 10.2 Å². The van der Waals surface area contributed by atoms with Crippen LogP contribution in [-0.4, -0.2) is 17.7 Å². The number of rotatable bonds is 3. The molecule has 0 aromatic heterocycles. The highest BCUT2D eigenvalue weighted by Crippen LogP contribution is 2.32. The number of nitrogens with zero attached hydrogens (tertiary/aromatic N) is 1. The van der Waals surface area contributed by atoms with Crippen molar-refractivity contribution in [2.24, 2.45) is 0 Å². The van der Waals surface area contributed by atoms with Gasteiger partial charge in [-0.2, -0.15) is 0 Å². The van der Waals surface area contributed by atoms with E-state index < -0.39 is 11.8 Å². The maximum Gasteiger partial charge on any atom is 0.266 e. The summed E-state index contributed by atoms with van der Waals surface area (Å²) in [6, 6.07) is 17.2. The Labute approximate surface area is 176 Å². The number of benzene rings is 3. The molecule has 0 radical (unpaired) electrons. The van der Waals surface area contributed by atoms with Gasteiger partial charge in [0.05, 0.1) is 22.4 Å². The molecule has 0 saturated carbocycles. The molecule has 6 heteroatoms. The standard InChI is InChI=1S/C23H17BrN2O3/c1-13-6-5-8-19(14(13)2)25-21(27)17-7-3-4-9-20(17)26-22(28)16-11-10-15(24)12-18(16)23(26)29/h3-12H,1-2H3,(H,25,27). The van der Waals surface area contributed by atoms with Crippen LogP contribution in [0.3, 0.4) is 0 Å². The number of amides is 3. The van der Waals surface area contributed by atoms with E-state index in [4.69, 9.17) is 0 Å². The van der Waals surface area contributed by atoms with Crippen molar-refractivity contribution in [3.8, 4) is 0 Å². The van der Waals surface area contributed by atoms with Crippen LogP contribution in [0.1, 0.15) is 42.2 Å². The molecule has 0 atom stereocenters. The van der Waals surface area contributed by atoms with Crippen molar-refractivity contribution in [2.75, 3.05) is 10.2 Å². The average molecular weight is 449 g/mol. The van der Waals surface area contributed by atoms with E-state index in [0.29, 0.717) is 21.3 Å². The minimum atomic E-state index is -0.446. The Morgan fingerprint density at radius 1 is 0.897 bits per heavy atom. The Morgan fingerprint density at radius 3 is 2.41 bits per heavy atom. The molecule has 3 aromatic carbocycles. The van der Waals surface area contributed by atoms with Gasteiger partial charge in [0.2, 0.25) is 0 Å². The van der Waals surface area contributed by atoms with Crippen LogP contribution in [0, 0.1) is 13.8 Å². The lowest BCUT2D eigenvalue weighted by atomic mass is 10.1. The fourth-order valence-electron chi connectivity index (χ4n) is 3.37. The van der Waals surface area contributed by atoms with Crippen LogP contribution in [0.4, 0.5) is 11.4 Å². The molecule has 3 aromatic rings. The van der Waals surface area contributed by atoms with Gasteiger partial charge in [-0.05, 0) is 61.4 Å². The zero-order chi connectivity index (χ0) is 20.7. The van der Waals surface area contributed by atoms with Gasteiger partial charge in [-0.15, -0.1) is 0 Å². The molecule has 1 N–H and O–H groups in total. The summed E-state index contributed by atoms with van der Waals surface area (Å²) < 4.78 is 0.709. The van der Waals surface area contributed by atoms with E-state index in [0.717, 1.165) is 16.0 Å². The van der Waals surface area contributed by atoms with Crippen LogP contribution in [-0.2, 0) is 0 Å². The smallest absolute Gasteiger partial charge is 0.266 e. The highest BCUT2D eigenvalue weighted by Gasteiger charge is 2.38. The predicted molar refractivity (Wildman–Crippen MR) is 116 cm³/mol. The first kappa shape index (κ1) is 19.1. The summed E-state index contributed by atoms with van der Waals surface area (Å²) >= 11 is 3.33. The number of aryl methyl sites for hydroxylation is 1. The topological polar surface area (TPSA) is 66.5 Å². The number of carbonyl (C=O) groups is 3. The molecule has 29 heavy (non-hydrogen) atoms. The molecule has 0 saturated heterocycles. The average Bonchev–Trinajstić information content (AvgIpc) is 2.95. The van der Waals surface area contributed by atoms with E-state index >= 15 is 0 Å². The molecule has 1 heterocycles. The monoisotopic (exact) mass is 448 g/mol. The third-order valence-electron chi connectivity index (χ3n) is 5.09. The second-order valence-corrected chi connectivity index (χ2v) is 7.77. The Morgan fingerprint density at radius 2 is 1.62 bits per heavy atom. The first-order chi connectivity index (χ1) is 13.9. The summed E-state index contributed by atoms with van der Waals surface area (Å²) in [7, 11) is 0. The number of nitrogens with one attached hydrogen (secondary N) is 1. The molecule has 0 unspecified atom stereocenters. The summed E-state index contributed by atoms with van der Waals surface area (Å²) in [5, 5.41) is 2.90. The third-order valence-corrected chi connectivity index (χ3v) is 5.58. The largest absolute Gasteiger partial charge is 0.322 e. The minimum absolute atomic E-state index is 0.252. The van der Waals surface area contributed by atoms with Crippen LogP contribution < -0.4 is 10.2 Å². The van der Waals surface area contributed by atoms with E-state index in [1.165, 1.54) is 0 Å². The predicted octanol–water partition coefficient (Wildman–Crippen LogP) is 5.12. The number of imide groups is 1. The Hall–Kier alpha value is -3.25. The molecule has 0 fully saturated rings. The van der Waals surface area contributed by atoms with Gasteiger partial charge in [0.15, 0.2) is 0 Å². The Kier molecular flexibility index (Phi) is 4.80. The number of para-hydroxylation sites is 1. The highest BCUT2D eigenvalue weighted by atomic mass is 79.9. The summed E-state index contributed by atoms with van der Waals surface area (Å²) in [6.07, 6.45) is 0. The van der Waals surface area contributed by atoms with Gasteiger partial charge in [-0.1, -0.05) is 40.2 Å². The zero-order valence-corrected chi connectivity index (χ0v) is 17.4. The molecule has 0 spiro atoms. The fraction of sp³-hybridized carbons (Fsp3) is 0.0870. The summed E-state index contributed by atoms with van der Waals surface area (Å²) in [4.78, 5) is 39.9. The van der Waals surface area contributed by atoms with Crippen LogP contribution in [0.25, 0.3) is 0 Å². The second kappa shape index (κ2) is 7.29. The van der Waals surface area contributed by atoms with Crippen molar-refractivity contribution in [1.29, 1.82) is 0 Å². The number of hydrogen-bond acceptors (Lipinski definition) is 3. The number of halogens is 1. The van der Waals surface area contributed by atoms with Crippen molar-refractivity contribution >= 4 is 45.0 Å². The molecular weight excluding hydrogens is 432 g/mol. The van der Waals surface area contributed by atoms with Gasteiger partial charge in [-0.3, -0.25) is 14.4 Å². The maximum atomic E-state index is 13.0. The third kappa shape index (κ3) is 3.25. The molecule has 5 nitrogen and oxygen atoms in total. The maximum absolute atomic E-state index is 13.0. The van der Waals surface area contributed by atoms with Gasteiger partial charge < -0.3 is 5.32 Å². The molecule has 0 bridgehead atoms. The lowest BCUT2D eigenvalue weighted by Gasteiger charge is -2.18. The van der Waals surface area contributed by atoms with Crippen molar-refractivity contribution < 1.29 is 14.4 Å². The van der Waals surface area contributed by atoms with Crippen LogP contribution in [0.2, 0.25) is 0 Å². The van der Waals surface area contributed by atoms with Crippen molar-refractivity contribution in [3.05, 3.63) is 93.0 Å². The zero-order valence-electron chi connectivity index (χ0n) is 15.8. The van der Waals surface area contributed by atoms with E-state index in [9.17, 15) is 14.4 Å². The van der Waals surface area contributed by atoms with Gasteiger partial charge in [0.1, 0.15) is 0 Å². The van der Waals surface area contributed by atoms with E-state index in [2.05, 4.69) is 21.2 Å². The van der Waals surface area contributed by atoms with Crippen LogP contribution in [0.15, 0.2) is 65.1 Å². The first-order valence-electron chi connectivity index (χ1n) is 9.03. The number of carbonyl (C=O) groups excluding carboxylic acids is 3. The lowest BCUT2D eigenvalue weighted by Crippen LogP contribution is -2.31. The van der Waals surface area contributed by atoms with Gasteiger partial charge in [-0.25, -0.2) is 4.90 Å². The fourth-order valence-corrected chi connectivity index (χ4v) is 3.73. The first-order valence-corrected chi connectivity index (χ1v) is 9.82. The second-order valence-electron chi connectivity index (χ2n) is 6.85. The molecule has 144 valence electrons. The number of hydrogen-bond donors (Lipinski definition) is 1. The molecule has 1 aliphatic heterocycles. The summed E-state index contributed by atoms with van der Waals surface area (Å²) in [5.74, 6) is -1.27. The minimum Gasteiger partial charge on any atom is -0.322 e. The van der Waals surface area contributed by atoms with Gasteiger partial charge in [0.25, 0.3) is 17.7 Å². The summed E-state index contributed by atoms with van der Waals surface area (Å²) in [6.45, 7) is 3.90. The Bertz CT molecular complexity index is 1190. The van der Waals surface area contributed by atoms with E-state index in [-0.39, 0.29) is 17.2 Å². The normalized spacial score (nSPS) is 12.9. The lowest BCUT2D eigenvalue weighted by molar-refractivity contribution is 0.0926. The van der Waals surface area contributed by atoms with E-state index in [1.807, 2.05) is 32.0 Å².